The van der Waals surface area contributed by atoms with Gasteiger partial charge in [-0.1, -0.05) is 17.7 Å². The number of hydrogen-bond acceptors (Lipinski definition) is 7. The maximum atomic E-state index is 12.4. The van der Waals surface area contributed by atoms with Crippen molar-refractivity contribution >= 4 is 33.1 Å². The Balaban J connectivity index is 1.92. The summed E-state index contributed by atoms with van der Waals surface area (Å²) in [5.74, 6) is 0.493. The van der Waals surface area contributed by atoms with Gasteiger partial charge >= 0.3 is 0 Å². The molecule has 0 saturated heterocycles. The number of aromatic nitrogens is 2. The molecule has 0 fully saturated rings. The summed E-state index contributed by atoms with van der Waals surface area (Å²) in [5, 5.41) is 19.9. The molecule has 0 aliphatic carbocycles. The molecule has 2 aromatic rings. The number of fused-ring (bicyclic) bond motifs is 1. The van der Waals surface area contributed by atoms with Crippen LogP contribution in [-0.4, -0.2) is 56.7 Å². The van der Waals surface area contributed by atoms with Crippen LogP contribution in [0.5, 0.6) is 5.88 Å². The summed E-state index contributed by atoms with van der Waals surface area (Å²) in [6.45, 7) is 1.56. The fourth-order valence-corrected chi connectivity index (χ4v) is 3.90. The number of halogens is 3. The highest BCUT2D eigenvalue weighted by molar-refractivity contribution is 6.39. The van der Waals surface area contributed by atoms with Gasteiger partial charge in [-0.2, -0.15) is 10.5 Å². The van der Waals surface area contributed by atoms with Crippen molar-refractivity contribution in [3.63, 3.8) is 0 Å². The third-order valence-electron chi connectivity index (χ3n) is 5.17. The van der Waals surface area contributed by atoms with Crippen LogP contribution in [0.15, 0.2) is 12.1 Å². The van der Waals surface area contributed by atoms with Gasteiger partial charge in [0, 0.05) is 30.4 Å². The first-order valence-corrected chi connectivity index (χ1v) is 10.0. The number of nitriles is 2. The number of rotatable bonds is 7. The van der Waals surface area contributed by atoms with Crippen LogP contribution in [-0.2, 0) is 18.3 Å². The molecule has 12 heteroatoms. The third-order valence-corrected chi connectivity index (χ3v) is 5.44. The molecule has 0 atom stereocenters. The maximum Gasteiger partial charge on any atom is 0.272 e. The normalized spacial score (nSPS) is 13.8. The van der Waals surface area contributed by atoms with Crippen LogP contribution in [0.1, 0.15) is 27.9 Å². The molecular formula is C20H17B2ClF2N6O. The first kappa shape index (κ1) is 23.8. The van der Waals surface area contributed by atoms with Crippen LogP contribution in [0.2, 0.25) is 5.15 Å². The van der Waals surface area contributed by atoms with Crippen LogP contribution in [0.25, 0.3) is 0 Å². The Hall–Kier alpha value is -2.88. The summed E-state index contributed by atoms with van der Waals surface area (Å²) in [4.78, 5) is 10.2. The molecule has 0 unspecified atom stereocenters. The van der Waals surface area contributed by atoms with Crippen molar-refractivity contribution in [2.24, 2.45) is 0 Å². The highest BCUT2D eigenvalue weighted by atomic mass is 35.5. The lowest BCUT2D eigenvalue weighted by atomic mass is 9.56. The molecule has 7 nitrogen and oxygen atoms in total. The predicted octanol–water partition coefficient (Wildman–Crippen LogP) is 2.40. The number of nitrogens with zero attached hydrogens (tertiary/aromatic N) is 5. The Morgan fingerprint density at radius 2 is 2.06 bits per heavy atom. The van der Waals surface area contributed by atoms with E-state index in [2.05, 4.69) is 21.4 Å². The molecule has 3 rings (SSSR count). The number of ether oxygens (including phenoxy) is 1. The van der Waals surface area contributed by atoms with E-state index in [-0.39, 0.29) is 29.7 Å². The summed E-state index contributed by atoms with van der Waals surface area (Å²) in [6.07, 6.45) is -2.16. The van der Waals surface area contributed by atoms with Crippen molar-refractivity contribution in [2.45, 2.75) is 31.7 Å². The van der Waals surface area contributed by atoms with Gasteiger partial charge in [-0.05, 0) is 29.8 Å². The van der Waals surface area contributed by atoms with Gasteiger partial charge < -0.3 is 15.0 Å². The Morgan fingerprint density at radius 1 is 1.31 bits per heavy atom. The summed E-state index contributed by atoms with van der Waals surface area (Å²) in [6, 6.07) is 7.08. The molecule has 160 valence electrons. The summed E-state index contributed by atoms with van der Waals surface area (Å²) in [7, 11) is 13.0. The van der Waals surface area contributed by atoms with Crippen molar-refractivity contribution in [3.05, 3.63) is 45.2 Å². The largest absolute Gasteiger partial charge is 0.472 e. The molecule has 0 spiro atoms. The van der Waals surface area contributed by atoms with Crippen molar-refractivity contribution in [1.29, 1.82) is 10.5 Å². The fourth-order valence-electron chi connectivity index (χ4n) is 3.66. The molecule has 2 aromatic heterocycles. The van der Waals surface area contributed by atoms with E-state index in [9.17, 15) is 14.0 Å². The molecular weight excluding hydrogens is 435 g/mol. The average molecular weight is 452 g/mol. The minimum atomic E-state index is -2.61. The highest BCUT2D eigenvalue weighted by Gasteiger charge is 2.34. The summed E-state index contributed by atoms with van der Waals surface area (Å²) in [5.41, 5.74) is 2.53. The second-order valence-corrected chi connectivity index (χ2v) is 7.55. The second-order valence-electron chi connectivity index (χ2n) is 7.19. The van der Waals surface area contributed by atoms with Gasteiger partial charge in [-0.3, -0.25) is 0 Å². The molecule has 4 radical (unpaired) electrons. The topological polar surface area (TPSA) is 97.9 Å². The van der Waals surface area contributed by atoms with Gasteiger partial charge in [-0.25, -0.2) is 18.7 Å². The van der Waals surface area contributed by atoms with Gasteiger partial charge in [0.1, 0.15) is 23.6 Å². The molecule has 0 amide bonds. The quantitative estimate of drug-likeness (QED) is 0.391. The number of nitrogens with one attached hydrogen (secondary N) is 1. The standard InChI is InChI=1S/C20H17B2ClF2N6O/c1-11-15(2-3-17(29-11)32-10-16(24)25)20(21,22)31-7-4-12-14(9-31)13(8-27)18(23)30-19(12)28-6-5-26/h2-3,16H,4,6-7,9-10H2,1H3,(H,28,30). The number of pyridine rings is 2. The monoisotopic (exact) mass is 452 g/mol. The summed E-state index contributed by atoms with van der Waals surface area (Å²) < 4.78 is 29.7. The molecule has 1 aliphatic heterocycles. The van der Waals surface area contributed by atoms with E-state index in [4.69, 9.17) is 37.3 Å². The zero-order chi connectivity index (χ0) is 23.5. The Bertz CT molecular complexity index is 1100. The molecule has 32 heavy (non-hydrogen) atoms. The Morgan fingerprint density at radius 3 is 2.69 bits per heavy atom. The molecule has 0 bridgehead atoms. The van der Waals surface area contributed by atoms with Gasteiger partial charge in [0.15, 0.2) is 6.61 Å². The average Bonchev–Trinajstić information content (AvgIpc) is 2.75. The first-order valence-electron chi connectivity index (χ1n) is 9.63. The van der Waals surface area contributed by atoms with Gasteiger partial charge in [-0.15, -0.1) is 0 Å². The van der Waals surface area contributed by atoms with Crippen molar-refractivity contribution in [1.82, 2.24) is 14.9 Å². The smallest absolute Gasteiger partial charge is 0.272 e. The lowest BCUT2D eigenvalue weighted by Crippen LogP contribution is -2.50. The van der Waals surface area contributed by atoms with Crippen LogP contribution in [0.4, 0.5) is 14.6 Å². The molecule has 3 heterocycles. The highest BCUT2D eigenvalue weighted by Crippen LogP contribution is 2.36. The summed E-state index contributed by atoms with van der Waals surface area (Å²) >= 11 is 6.20. The van der Waals surface area contributed by atoms with E-state index in [1.807, 2.05) is 6.07 Å². The van der Waals surface area contributed by atoms with E-state index in [0.29, 0.717) is 35.6 Å². The van der Waals surface area contributed by atoms with E-state index in [1.165, 1.54) is 6.07 Å². The predicted molar refractivity (Wildman–Crippen MR) is 116 cm³/mol. The van der Waals surface area contributed by atoms with Crippen molar-refractivity contribution < 1.29 is 13.5 Å². The van der Waals surface area contributed by atoms with Crippen LogP contribution < -0.4 is 10.1 Å². The number of anilines is 1. The molecule has 0 saturated carbocycles. The van der Waals surface area contributed by atoms with Gasteiger partial charge in [0.25, 0.3) is 6.43 Å². The SMILES string of the molecule is [B]C([B])(c1ccc(OCC(F)F)nc1C)N1CCc2c(NCC#N)nc(Cl)c(C#N)c2C1. The fraction of sp³-hybridized carbons (Fsp3) is 0.400. The van der Waals surface area contributed by atoms with Crippen LogP contribution in [0, 0.1) is 29.6 Å². The Kier molecular flexibility index (Phi) is 7.22. The number of hydrogen-bond donors (Lipinski definition) is 1. The zero-order valence-corrected chi connectivity index (χ0v) is 18.0. The zero-order valence-electron chi connectivity index (χ0n) is 17.2. The molecule has 1 aliphatic rings. The van der Waals surface area contributed by atoms with E-state index < -0.39 is 18.4 Å². The van der Waals surface area contributed by atoms with Crippen LogP contribution in [0.3, 0.4) is 0 Å². The second kappa shape index (κ2) is 9.72. The van der Waals surface area contributed by atoms with Gasteiger partial charge in [0.2, 0.25) is 5.88 Å². The lowest BCUT2D eigenvalue weighted by molar-refractivity contribution is 0.0794. The van der Waals surface area contributed by atoms with E-state index >= 15 is 0 Å². The first-order chi connectivity index (χ1) is 15.2. The third kappa shape index (κ3) is 4.79. The number of aryl methyl sites for hydroxylation is 1. The van der Waals surface area contributed by atoms with Gasteiger partial charge in [0.05, 0.1) is 27.3 Å². The maximum absolute atomic E-state index is 12.4. The van der Waals surface area contributed by atoms with Crippen molar-refractivity contribution in [2.75, 3.05) is 25.0 Å². The minimum Gasteiger partial charge on any atom is -0.472 e. The number of alkyl halides is 2. The molecule has 1 N–H and O–H groups in total. The minimum absolute atomic E-state index is 0.0200. The Labute approximate surface area is 192 Å². The van der Waals surface area contributed by atoms with E-state index in [0.717, 1.165) is 5.56 Å². The lowest BCUT2D eigenvalue weighted by Gasteiger charge is -2.44. The van der Waals surface area contributed by atoms with Crippen molar-refractivity contribution in [3.8, 4) is 18.0 Å². The van der Waals surface area contributed by atoms with E-state index in [1.54, 1.807) is 17.9 Å². The van der Waals surface area contributed by atoms with Crippen LogP contribution >= 0.6 is 11.6 Å². The molecule has 0 aromatic carbocycles.